The Labute approximate surface area is 125 Å². The van der Waals surface area contributed by atoms with E-state index in [4.69, 9.17) is 5.11 Å². The highest BCUT2D eigenvalue weighted by Crippen LogP contribution is 2.17. The van der Waals surface area contributed by atoms with Gasteiger partial charge in [-0.2, -0.15) is 0 Å². The highest BCUT2D eigenvalue weighted by Gasteiger charge is 2.20. The summed E-state index contributed by atoms with van der Waals surface area (Å²) < 4.78 is 0. The SMILES string of the molecule is CCN(CC)c1ccc(C(=O)N[C@@H]2C=C[C@H](CO)C2)cn1. The van der Waals surface area contributed by atoms with Crippen LogP contribution in [0.25, 0.3) is 0 Å². The molecule has 0 aromatic carbocycles. The first kappa shape index (κ1) is 15.5. The molecule has 0 bridgehead atoms. The van der Waals surface area contributed by atoms with Gasteiger partial charge in [0.15, 0.2) is 0 Å². The number of aromatic nitrogens is 1. The van der Waals surface area contributed by atoms with E-state index < -0.39 is 0 Å². The molecule has 1 aromatic rings. The molecule has 0 aliphatic heterocycles. The highest BCUT2D eigenvalue weighted by atomic mass is 16.3. The molecule has 0 spiro atoms. The molecule has 1 aromatic heterocycles. The summed E-state index contributed by atoms with van der Waals surface area (Å²) in [6.45, 7) is 6.07. The second-order valence-electron chi connectivity index (χ2n) is 5.22. The number of aliphatic hydroxyl groups excluding tert-OH is 1. The summed E-state index contributed by atoms with van der Waals surface area (Å²) in [4.78, 5) is 18.6. The average molecular weight is 289 g/mol. The van der Waals surface area contributed by atoms with Crippen molar-refractivity contribution < 1.29 is 9.90 Å². The number of nitrogens with one attached hydrogen (secondary N) is 1. The molecule has 114 valence electrons. The fraction of sp³-hybridized carbons (Fsp3) is 0.500. The number of anilines is 1. The van der Waals surface area contributed by atoms with Crippen LogP contribution in [0.4, 0.5) is 5.82 Å². The van der Waals surface area contributed by atoms with Crippen LogP contribution >= 0.6 is 0 Å². The van der Waals surface area contributed by atoms with Gasteiger partial charge in [0.05, 0.1) is 5.56 Å². The van der Waals surface area contributed by atoms with Crippen LogP contribution < -0.4 is 10.2 Å². The topological polar surface area (TPSA) is 65.5 Å². The maximum atomic E-state index is 12.2. The summed E-state index contributed by atoms with van der Waals surface area (Å²) in [5, 5.41) is 12.0. The molecule has 0 saturated heterocycles. The van der Waals surface area contributed by atoms with Crippen LogP contribution in [0.5, 0.6) is 0 Å². The Morgan fingerprint density at radius 2 is 2.14 bits per heavy atom. The Bertz CT molecular complexity index is 495. The lowest BCUT2D eigenvalue weighted by molar-refractivity contribution is 0.0940. The molecule has 2 N–H and O–H groups in total. The normalized spacial score (nSPS) is 20.5. The molecule has 0 saturated carbocycles. The van der Waals surface area contributed by atoms with Crippen LogP contribution in [-0.2, 0) is 0 Å². The van der Waals surface area contributed by atoms with Gasteiger partial charge in [0.2, 0.25) is 0 Å². The Kier molecular flexibility index (Phi) is 5.33. The molecule has 2 atom stereocenters. The van der Waals surface area contributed by atoms with Gasteiger partial charge in [0, 0.05) is 37.9 Å². The molecule has 5 nitrogen and oxygen atoms in total. The quantitative estimate of drug-likeness (QED) is 0.781. The molecule has 1 aliphatic carbocycles. The van der Waals surface area contributed by atoms with E-state index in [2.05, 4.69) is 29.0 Å². The summed E-state index contributed by atoms with van der Waals surface area (Å²) in [5.41, 5.74) is 0.562. The molecule has 5 heteroatoms. The van der Waals surface area contributed by atoms with Crippen LogP contribution in [0.3, 0.4) is 0 Å². The number of nitrogens with zero attached hydrogens (tertiary/aromatic N) is 2. The first-order chi connectivity index (χ1) is 10.2. The fourth-order valence-corrected chi connectivity index (χ4v) is 2.52. The number of hydrogen-bond donors (Lipinski definition) is 2. The van der Waals surface area contributed by atoms with E-state index in [0.717, 1.165) is 25.3 Å². The van der Waals surface area contributed by atoms with Gasteiger partial charge in [0.1, 0.15) is 5.82 Å². The third kappa shape index (κ3) is 3.82. The monoisotopic (exact) mass is 289 g/mol. The van der Waals surface area contributed by atoms with Crippen LogP contribution in [0.15, 0.2) is 30.5 Å². The average Bonchev–Trinajstić information content (AvgIpc) is 2.97. The Morgan fingerprint density at radius 1 is 1.38 bits per heavy atom. The minimum atomic E-state index is -0.123. The number of rotatable bonds is 6. The van der Waals surface area contributed by atoms with E-state index in [1.165, 1.54) is 0 Å². The third-order valence-corrected chi connectivity index (χ3v) is 3.82. The Balaban J connectivity index is 1.96. The molecule has 2 rings (SSSR count). The van der Waals surface area contributed by atoms with Crippen molar-refractivity contribution >= 4 is 11.7 Å². The molecule has 1 amide bonds. The van der Waals surface area contributed by atoms with Crippen molar-refractivity contribution in [3.8, 4) is 0 Å². The molecule has 1 aliphatic rings. The van der Waals surface area contributed by atoms with Gasteiger partial charge >= 0.3 is 0 Å². The van der Waals surface area contributed by atoms with Gasteiger partial charge in [-0.05, 0) is 32.4 Å². The smallest absolute Gasteiger partial charge is 0.253 e. The van der Waals surface area contributed by atoms with Crippen molar-refractivity contribution in [3.05, 3.63) is 36.0 Å². The largest absolute Gasteiger partial charge is 0.396 e. The molecule has 0 unspecified atom stereocenters. The van der Waals surface area contributed by atoms with E-state index in [-0.39, 0.29) is 24.5 Å². The second-order valence-corrected chi connectivity index (χ2v) is 5.22. The highest BCUT2D eigenvalue weighted by molar-refractivity contribution is 5.94. The number of pyridine rings is 1. The van der Waals surface area contributed by atoms with Crippen molar-refractivity contribution in [2.75, 3.05) is 24.6 Å². The number of amides is 1. The van der Waals surface area contributed by atoms with Gasteiger partial charge in [-0.1, -0.05) is 12.2 Å². The molecule has 0 radical (unpaired) electrons. The molecule has 21 heavy (non-hydrogen) atoms. The van der Waals surface area contributed by atoms with Gasteiger partial charge < -0.3 is 15.3 Å². The predicted molar refractivity (Wildman–Crippen MR) is 83.4 cm³/mol. The summed E-state index contributed by atoms with van der Waals surface area (Å²) in [7, 11) is 0. The summed E-state index contributed by atoms with van der Waals surface area (Å²) >= 11 is 0. The van der Waals surface area contributed by atoms with E-state index in [0.29, 0.717) is 5.56 Å². The van der Waals surface area contributed by atoms with E-state index in [9.17, 15) is 4.79 Å². The second kappa shape index (κ2) is 7.22. The number of carbonyl (C=O) groups is 1. The van der Waals surface area contributed by atoms with Crippen molar-refractivity contribution in [3.63, 3.8) is 0 Å². The maximum absolute atomic E-state index is 12.2. The lowest BCUT2D eigenvalue weighted by Crippen LogP contribution is -2.33. The van der Waals surface area contributed by atoms with Crippen molar-refractivity contribution in [1.29, 1.82) is 0 Å². The maximum Gasteiger partial charge on any atom is 0.253 e. The van der Waals surface area contributed by atoms with Crippen molar-refractivity contribution in [2.24, 2.45) is 5.92 Å². The fourth-order valence-electron chi connectivity index (χ4n) is 2.52. The van der Waals surface area contributed by atoms with Crippen LogP contribution in [0.2, 0.25) is 0 Å². The lowest BCUT2D eigenvalue weighted by Gasteiger charge is -2.19. The Morgan fingerprint density at radius 3 is 2.67 bits per heavy atom. The molecule has 0 fully saturated rings. The van der Waals surface area contributed by atoms with Gasteiger partial charge in [-0.25, -0.2) is 4.98 Å². The first-order valence-electron chi connectivity index (χ1n) is 7.49. The predicted octanol–water partition coefficient (Wildman–Crippen LogP) is 1.59. The number of carbonyl (C=O) groups excluding carboxylic acids is 1. The summed E-state index contributed by atoms with van der Waals surface area (Å²) in [6, 6.07) is 3.68. The van der Waals surface area contributed by atoms with Crippen molar-refractivity contribution in [1.82, 2.24) is 10.3 Å². The Hall–Kier alpha value is -1.88. The van der Waals surface area contributed by atoms with Crippen LogP contribution in [-0.4, -0.2) is 41.7 Å². The molecular weight excluding hydrogens is 266 g/mol. The minimum absolute atomic E-state index is 0.00268. The number of hydrogen-bond acceptors (Lipinski definition) is 4. The minimum Gasteiger partial charge on any atom is -0.396 e. The van der Waals surface area contributed by atoms with Gasteiger partial charge in [0.25, 0.3) is 5.91 Å². The van der Waals surface area contributed by atoms with E-state index in [1.807, 2.05) is 18.2 Å². The van der Waals surface area contributed by atoms with E-state index >= 15 is 0 Å². The standard InChI is InChI=1S/C16H23N3O2/c1-3-19(4-2)15-8-6-13(10-17-15)16(21)18-14-7-5-12(9-14)11-20/h5-8,10,12,14,20H,3-4,9,11H2,1-2H3,(H,18,21)/t12-,14+/m0/s1. The lowest BCUT2D eigenvalue weighted by atomic mass is 10.1. The zero-order valence-corrected chi connectivity index (χ0v) is 12.6. The van der Waals surface area contributed by atoms with E-state index in [1.54, 1.807) is 12.3 Å². The molecule has 1 heterocycles. The van der Waals surface area contributed by atoms with Crippen LogP contribution in [0.1, 0.15) is 30.6 Å². The van der Waals surface area contributed by atoms with Crippen LogP contribution in [0, 0.1) is 5.92 Å². The van der Waals surface area contributed by atoms with Gasteiger partial charge in [-0.3, -0.25) is 4.79 Å². The number of aliphatic hydroxyl groups is 1. The summed E-state index contributed by atoms with van der Waals surface area (Å²) in [5.74, 6) is 0.915. The zero-order valence-electron chi connectivity index (χ0n) is 12.6. The van der Waals surface area contributed by atoms with Crippen molar-refractivity contribution in [2.45, 2.75) is 26.3 Å². The zero-order chi connectivity index (χ0) is 15.2. The third-order valence-electron chi connectivity index (χ3n) is 3.82. The van der Waals surface area contributed by atoms with Gasteiger partial charge in [-0.15, -0.1) is 0 Å². The summed E-state index contributed by atoms with van der Waals surface area (Å²) in [6.07, 6.45) is 6.27. The molecular formula is C16H23N3O2. The first-order valence-corrected chi connectivity index (χ1v) is 7.49.